The van der Waals surface area contributed by atoms with Gasteiger partial charge in [-0.2, -0.15) is 4.31 Å². The molecule has 0 saturated carbocycles. The SMILES string of the molecule is Cc1cc(F)cc(S(=O)(=O)N2CCC(N)C(C)(C)C2)c1.Cl. The summed E-state index contributed by atoms with van der Waals surface area (Å²) in [7, 11) is -3.66. The van der Waals surface area contributed by atoms with Crippen molar-refractivity contribution in [3.63, 3.8) is 0 Å². The van der Waals surface area contributed by atoms with Crippen LogP contribution < -0.4 is 5.73 Å². The van der Waals surface area contributed by atoms with Gasteiger partial charge in [0.15, 0.2) is 0 Å². The number of aryl methyl sites for hydroxylation is 1. The fourth-order valence-electron chi connectivity index (χ4n) is 2.53. The summed E-state index contributed by atoms with van der Waals surface area (Å²) < 4.78 is 40.1. The second-order valence-electron chi connectivity index (χ2n) is 6.19. The Labute approximate surface area is 132 Å². The Morgan fingerprint density at radius 2 is 1.95 bits per heavy atom. The van der Waals surface area contributed by atoms with E-state index in [4.69, 9.17) is 5.73 Å². The van der Waals surface area contributed by atoms with Crippen LogP contribution in [0.3, 0.4) is 0 Å². The maximum atomic E-state index is 13.4. The number of rotatable bonds is 2. The zero-order chi connectivity index (χ0) is 15.1. The Morgan fingerprint density at radius 1 is 1.33 bits per heavy atom. The second kappa shape index (κ2) is 6.20. The lowest BCUT2D eigenvalue weighted by molar-refractivity contribution is 0.155. The van der Waals surface area contributed by atoms with Crippen LogP contribution in [0.1, 0.15) is 25.8 Å². The maximum absolute atomic E-state index is 13.4. The van der Waals surface area contributed by atoms with Gasteiger partial charge in [-0.15, -0.1) is 12.4 Å². The van der Waals surface area contributed by atoms with Gasteiger partial charge in [0.05, 0.1) is 4.90 Å². The van der Waals surface area contributed by atoms with E-state index in [1.807, 2.05) is 13.8 Å². The first kappa shape index (κ1) is 18.4. The quantitative estimate of drug-likeness (QED) is 0.901. The van der Waals surface area contributed by atoms with Crippen molar-refractivity contribution in [1.29, 1.82) is 0 Å². The van der Waals surface area contributed by atoms with E-state index in [1.165, 1.54) is 16.4 Å². The fraction of sp³-hybridized carbons (Fsp3) is 0.571. The van der Waals surface area contributed by atoms with Crippen molar-refractivity contribution in [3.8, 4) is 0 Å². The third-order valence-electron chi connectivity index (χ3n) is 3.93. The van der Waals surface area contributed by atoms with Gasteiger partial charge in [-0.25, -0.2) is 12.8 Å². The van der Waals surface area contributed by atoms with Gasteiger partial charge < -0.3 is 5.73 Å². The summed E-state index contributed by atoms with van der Waals surface area (Å²) >= 11 is 0. The van der Waals surface area contributed by atoms with Crippen molar-refractivity contribution < 1.29 is 12.8 Å². The van der Waals surface area contributed by atoms with Crippen LogP contribution in [0.25, 0.3) is 0 Å². The molecule has 1 fully saturated rings. The minimum absolute atomic E-state index is 0. The van der Waals surface area contributed by atoms with Crippen LogP contribution in [-0.2, 0) is 10.0 Å². The Kier molecular flexibility index (Phi) is 5.42. The first-order valence-corrected chi connectivity index (χ1v) is 8.10. The molecular weight excluding hydrogens is 315 g/mol. The van der Waals surface area contributed by atoms with Crippen molar-refractivity contribution in [2.45, 2.75) is 38.1 Å². The summed E-state index contributed by atoms with van der Waals surface area (Å²) in [5.74, 6) is -0.531. The van der Waals surface area contributed by atoms with Gasteiger partial charge in [-0.3, -0.25) is 0 Å². The standard InChI is InChI=1S/C14H21FN2O2S.ClH/c1-10-6-11(15)8-12(7-10)20(18,19)17-5-4-13(16)14(2,3)9-17;/h6-8,13H,4-5,9,16H2,1-3H3;1H. The molecule has 4 nitrogen and oxygen atoms in total. The number of halogens is 2. The Bertz CT molecular complexity index is 599. The van der Waals surface area contributed by atoms with Gasteiger partial charge in [0, 0.05) is 19.1 Å². The van der Waals surface area contributed by atoms with Crippen molar-refractivity contribution in [3.05, 3.63) is 29.6 Å². The van der Waals surface area contributed by atoms with Crippen LogP contribution >= 0.6 is 12.4 Å². The van der Waals surface area contributed by atoms with Crippen molar-refractivity contribution in [1.82, 2.24) is 4.31 Å². The average Bonchev–Trinajstić information content (AvgIpc) is 2.31. The van der Waals surface area contributed by atoms with E-state index < -0.39 is 15.8 Å². The number of nitrogens with zero attached hydrogens (tertiary/aromatic N) is 1. The van der Waals surface area contributed by atoms with Crippen LogP contribution in [0.5, 0.6) is 0 Å². The molecule has 0 aliphatic carbocycles. The zero-order valence-corrected chi connectivity index (χ0v) is 14.1. The normalized spacial score (nSPS) is 22.6. The number of piperidine rings is 1. The van der Waals surface area contributed by atoms with Gasteiger partial charge in [0.2, 0.25) is 10.0 Å². The molecule has 1 aromatic rings. The molecule has 21 heavy (non-hydrogen) atoms. The molecule has 1 aliphatic heterocycles. The molecule has 120 valence electrons. The molecule has 0 spiro atoms. The van der Waals surface area contributed by atoms with Crippen molar-refractivity contribution >= 4 is 22.4 Å². The topological polar surface area (TPSA) is 63.4 Å². The van der Waals surface area contributed by atoms with Crippen LogP contribution in [0.15, 0.2) is 23.1 Å². The van der Waals surface area contributed by atoms with Crippen LogP contribution in [-0.4, -0.2) is 31.9 Å². The molecule has 0 amide bonds. The average molecular weight is 337 g/mol. The predicted molar refractivity (Wildman–Crippen MR) is 83.5 cm³/mol. The highest BCUT2D eigenvalue weighted by atomic mass is 35.5. The Hall–Kier alpha value is -0.690. The lowest BCUT2D eigenvalue weighted by Crippen LogP contribution is -2.53. The number of benzene rings is 1. The summed E-state index contributed by atoms with van der Waals surface area (Å²) in [6, 6.07) is 3.86. The second-order valence-corrected chi connectivity index (χ2v) is 8.12. The van der Waals surface area contributed by atoms with E-state index in [0.29, 0.717) is 25.1 Å². The van der Waals surface area contributed by atoms with Crippen LogP contribution in [0.4, 0.5) is 4.39 Å². The van der Waals surface area contributed by atoms with E-state index in [-0.39, 0.29) is 28.8 Å². The van der Waals surface area contributed by atoms with E-state index in [0.717, 1.165) is 6.07 Å². The molecule has 0 radical (unpaired) electrons. The maximum Gasteiger partial charge on any atom is 0.243 e. The summed E-state index contributed by atoms with van der Waals surface area (Å²) in [6.07, 6.45) is 0.612. The molecule has 1 aliphatic rings. The molecule has 2 rings (SSSR count). The molecule has 1 atom stereocenters. The smallest absolute Gasteiger partial charge is 0.243 e. The molecule has 1 unspecified atom stereocenters. The van der Waals surface area contributed by atoms with Gasteiger partial charge >= 0.3 is 0 Å². The Balaban J connectivity index is 0.00000220. The lowest BCUT2D eigenvalue weighted by Gasteiger charge is -2.41. The summed E-state index contributed by atoms with van der Waals surface area (Å²) in [5, 5.41) is 0. The van der Waals surface area contributed by atoms with E-state index >= 15 is 0 Å². The van der Waals surface area contributed by atoms with E-state index in [2.05, 4.69) is 0 Å². The fourth-order valence-corrected chi connectivity index (χ4v) is 4.27. The van der Waals surface area contributed by atoms with Crippen LogP contribution in [0, 0.1) is 18.2 Å². The highest BCUT2D eigenvalue weighted by Crippen LogP contribution is 2.31. The third kappa shape index (κ3) is 3.74. The highest BCUT2D eigenvalue weighted by Gasteiger charge is 2.38. The Morgan fingerprint density at radius 3 is 2.48 bits per heavy atom. The monoisotopic (exact) mass is 336 g/mol. The molecule has 0 aromatic heterocycles. The number of nitrogens with two attached hydrogens (primary N) is 1. The van der Waals surface area contributed by atoms with Gasteiger partial charge in [0.1, 0.15) is 5.82 Å². The van der Waals surface area contributed by atoms with Crippen LogP contribution in [0.2, 0.25) is 0 Å². The summed E-state index contributed by atoms with van der Waals surface area (Å²) in [5.41, 5.74) is 6.33. The minimum Gasteiger partial charge on any atom is -0.327 e. The lowest BCUT2D eigenvalue weighted by atomic mass is 9.81. The molecule has 7 heteroatoms. The number of hydrogen-bond donors (Lipinski definition) is 1. The molecule has 0 bridgehead atoms. The molecule has 1 heterocycles. The molecule has 1 saturated heterocycles. The molecular formula is C14H22ClFN2O2S. The van der Waals surface area contributed by atoms with Gasteiger partial charge in [-0.1, -0.05) is 13.8 Å². The van der Waals surface area contributed by atoms with Crippen molar-refractivity contribution in [2.75, 3.05) is 13.1 Å². The number of sulfonamides is 1. The molecule has 2 N–H and O–H groups in total. The van der Waals surface area contributed by atoms with E-state index in [9.17, 15) is 12.8 Å². The first-order valence-electron chi connectivity index (χ1n) is 6.66. The highest BCUT2D eigenvalue weighted by molar-refractivity contribution is 7.89. The third-order valence-corrected chi connectivity index (χ3v) is 5.75. The molecule has 1 aromatic carbocycles. The minimum atomic E-state index is -3.66. The van der Waals surface area contributed by atoms with Gasteiger partial charge in [0.25, 0.3) is 0 Å². The van der Waals surface area contributed by atoms with Gasteiger partial charge in [-0.05, 0) is 42.5 Å². The van der Waals surface area contributed by atoms with E-state index in [1.54, 1.807) is 6.92 Å². The summed E-state index contributed by atoms with van der Waals surface area (Å²) in [6.45, 7) is 6.32. The first-order chi connectivity index (χ1) is 9.13. The predicted octanol–water partition coefficient (Wildman–Crippen LogP) is 2.30. The number of hydrogen-bond acceptors (Lipinski definition) is 3. The largest absolute Gasteiger partial charge is 0.327 e. The summed E-state index contributed by atoms with van der Waals surface area (Å²) in [4.78, 5) is 0.0151. The zero-order valence-electron chi connectivity index (χ0n) is 12.5. The van der Waals surface area contributed by atoms with Crippen molar-refractivity contribution in [2.24, 2.45) is 11.1 Å².